The summed E-state index contributed by atoms with van der Waals surface area (Å²) in [6.45, 7) is 0.267. The molecule has 0 unspecified atom stereocenters. The van der Waals surface area contributed by atoms with E-state index >= 15 is 0 Å². The SMILES string of the molecule is N#Cc1cc(Cl)cc(Oc2cc(CNC(=O)c3cc4cc(N)ccc4[nH]3)ccc2Cl)c1. The molecule has 4 aromatic rings. The molecule has 3 aromatic carbocycles. The van der Waals surface area contributed by atoms with Crippen molar-refractivity contribution in [3.05, 3.63) is 87.5 Å². The number of hydrogen-bond acceptors (Lipinski definition) is 4. The first kappa shape index (κ1) is 20.6. The fourth-order valence-corrected chi connectivity index (χ4v) is 3.48. The van der Waals surface area contributed by atoms with Crippen molar-refractivity contribution in [2.45, 2.75) is 6.54 Å². The van der Waals surface area contributed by atoms with Crippen LogP contribution in [0.15, 0.2) is 60.7 Å². The van der Waals surface area contributed by atoms with Crippen LogP contribution in [0.4, 0.5) is 5.69 Å². The molecule has 0 fully saturated rings. The highest BCUT2D eigenvalue weighted by Crippen LogP contribution is 2.32. The third-order valence-corrected chi connectivity index (χ3v) is 5.10. The predicted octanol–water partition coefficient (Wildman–Crippen LogP) is 5.65. The van der Waals surface area contributed by atoms with Crippen LogP contribution in [0.25, 0.3) is 10.9 Å². The number of amides is 1. The van der Waals surface area contributed by atoms with Gasteiger partial charge in [-0.05, 0) is 60.2 Å². The molecule has 0 bridgehead atoms. The summed E-state index contributed by atoms with van der Waals surface area (Å²) >= 11 is 12.3. The van der Waals surface area contributed by atoms with Crippen molar-refractivity contribution in [2.75, 3.05) is 5.73 Å². The van der Waals surface area contributed by atoms with Crippen molar-refractivity contribution in [3.8, 4) is 17.6 Å². The maximum absolute atomic E-state index is 12.5. The summed E-state index contributed by atoms with van der Waals surface area (Å²) in [7, 11) is 0. The Morgan fingerprint density at radius 2 is 1.94 bits per heavy atom. The molecular weight excluding hydrogens is 435 g/mol. The van der Waals surface area contributed by atoms with E-state index in [0.717, 1.165) is 16.5 Å². The monoisotopic (exact) mass is 450 g/mol. The maximum atomic E-state index is 12.5. The number of carbonyl (C=O) groups is 1. The number of fused-ring (bicyclic) bond motifs is 1. The van der Waals surface area contributed by atoms with Gasteiger partial charge in [-0.1, -0.05) is 29.3 Å². The van der Waals surface area contributed by atoms with Gasteiger partial charge >= 0.3 is 0 Å². The molecule has 0 saturated heterocycles. The van der Waals surface area contributed by atoms with E-state index < -0.39 is 0 Å². The van der Waals surface area contributed by atoms with Gasteiger partial charge < -0.3 is 20.8 Å². The summed E-state index contributed by atoms with van der Waals surface area (Å²) in [5, 5.41) is 13.6. The van der Waals surface area contributed by atoms with Gasteiger partial charge in [0.2, 0.25) is 0 Å². The van der Waals surface area contributed by atoms with Crippen LogP contribution in [0.1, 0.15) is 21.6 Å². The molecule has 1 aromatic heterocycles. The molecule has 0 aliphatic heterocycles. The van der Waals surface area contributed by atoms with Crippen LogP contribution in [-0.4, -0.2) is 10.9 Å². The number of rotatable bonds is 5. The third kappa shape index (κ3) is 4.75. The minimum absolute atomic E-state index is 0.249. The molecule has 4 N–H and O–H groups in total. The van der Waals surface area contributed by atoms with Crippen molar-refractivity contribution in [1.82, 2.24) is 10.3 Å². The van der Waals surface area contributed by atoms with Gasteiger partial charge in [-0.3, -0.25) is 4.79 Å². The highest BCUT2D eigenvalue weighted by atomic mass is 35.5. The van der Waals surface area contributed by atoms with Gasteiger partial charge in [0, 0.05) is 28.2 Å². The number of benzene rings is 3. The largest absolute Gasteiger partial charge is 0.456 e. The molecular formula is C23H16Cl2N4O2. The molecule has 154 valence electrons. The van der Waals surface area contributed by atoms with Crippen LogP contribution in [0.2, 0.25) is 10.0 Å². The number of hydrogen-bond donors (Lipinski definition) is 3. The average Bonchev–Trinajstić information content (AvgIpc) is 3.17. The molecule has 0 radical (unpaired) electrons. The van der Waals surface area contributed by atoms with Crippen molar-refractivity contribution in [1.29, 1.82) is 5.26 Å². The van der Waals surface area contributed by atoms with Gasteiger partial charge in [-0.15, -0.1) is 0 Å². The van der Waals surface area contributed by atoms with Crippen molar-refractivity contribution in [2.24, 2.45) is 0 Å². The molecule has 0 aliphatic carbocycles. The zero-order chi connectivity index (χ0) is 22.0. The number of H-pyrrole nitrogens is 1. The number of nitrogens with zero attached hydrogens (tertiary/aromatic N) is 1. The summed E-state index contributed by atoms with van der Waals surface area (Å²) in [6, 6.07) is 19.1. The molecule has 1 amide bonds. The highest BCUT2D eigenvalue weighted by molar-refractivity contribution is 6.32. The number of halogens is 2. The third-order valence-electron chi connectivity index (χ3n) is 4.57. The maximum Gasteiger partial charge on any atom is 0.267 e. The zero-order valence-corrected chi connectivity index (χ0v) is 17.6. The quantitative estimate of drug-likeness (QED) is 0.341. The molecule has 0 aliphatic rings. The van der Waals surface area contributed by atoms with Gasteiger partial charge in [0.25, 0.3) is 5.91 Å². The second kappa shape index (κ2) is 8.60. The van der Waals surface area contributed by atoms with E-state index in [1.165, 1.54) is 0 Å². The predicted molar refractivity (Wildman–Crippen MR) is 122 cm³/mol. The van der Waals surface area contributed by atoms with Gasteiger partial charge in [-0.25, -0.2) is 0 Å². The van der Waals surface area contributed by atoms with E-state index in [1.807, 2.05) is 12.1 Å². The van der Waals surface area contributed by atoms with Gasteiger partial charge in [0.05, 0.1) is 16.7 Å². The van der Waals surface area contributed by atoms with E-state index in [-0.39, 0.29) is 12.5 Å². The Morgan fingerprint density at radius 1 is 1.10 bits per heavy atom. The normalized spacial score (nSPS) is 10.6. The average molecular weight is 451 g/mol. The van der Waals surface area contributed by atoms with E-state index in [4.69, 9.17) is 38.9 Å². The first-order valence-corrected chi connectivity index (χ1v) is 10.0. The summed E-state index contributed by atoms with van der Waals surface area (Å²) in [5.41, 5.74) is 8.86. The van der Waals surface area contributed by atoms with Crippen LogP contribution in [0.5, 0.6) is 11.5 Å². The first-order valence-electron chi connectivity index (χ1n) is 9.25. The van der Waals surface area contributed by atoms with E-state index in [2.05, 4.69) is 10.3 Å². The summed E-state index contributed by atoms with van der Waals surface area (Å²) in [6.07, 6.45) is 0. The molecule has 6 nitrogen and oxygen atoms in total. The van der Waals surface area contributed by atoms with E-state index in [9.17, 15) is 4.79 Å². The Bertz CT molecular complexity index is 1340. The number of nitrogen functional groups attached to an aromatic ring is 1. The molecule has 0 atom stereocenters. The Hall–Kier alpha value is -3.66. The smallest absolute Gasteiger partial charge is 0.267 e. The minimum atomic E-state index is -0.249. The number of aromatic amines is 1. The Labute approximate surface area is 188 Å². The number of nitrogens with one attached hydrogen (secondary N) is 2. The lowest BCUT2D eigenvalue weighted by atomic mass is 10.2. The van der Waals surface area contributed by atoms with Crippen LogP contribution >= 0.6 is 23.2 Å². The first-order chi connectivity index (χ1) is 14.9. The van der Waals surface area contributed by atoms with Crippen molar-refractivity contribution < 1.29 is 9.53 Å². The van der Waals surface area contributed by atoms with Crippen molar-refractivity contribution in [3.63, 3.8) is 0 Å². The molecule has 0 spiro atoms. The number of ether oxygens (including phenoxy) is 1. The highest BCUT2D eigenvalue weighted by Gasteiger charge is 2.11. The number of anilines is 1. The summed E-state index contributed by atoms with van der Waals surface area (Å²) in [4.78, 5) is 15.6. The number of carbonyl (C=O) groups excluding carboxylic acids is 1. The Balaban J connectivity index is 1.48. The number of nitriles is 1. The molecule has 4 rings (SSSR count). The second-order valence-electron chi connectivity index (χ2n) is 6.87. The lowest BCUT2D eigenvalue weighted by Crippen LogP contribution is -2.23. The van der Waals surface area contributed by atoms with Crippen LogP contribution < -0.4 is 15.8 Å². The van der Waals surface area contributed by atoms with Gasteiger partial charge in [0.1, 0.15) is 17.2 Å². The van der Waals surface area contributed by atoms with Gasteiger partial charge in [0.15, 0.2) is 0 Å². The van der Waals surface area contributed by atoms with Crippen molar-refractivity contribution >= 4 is 45.7 Å². The number of aromatic nitrogens is 1. The topological polar surface area (TPSA) is 104 Å². The summed E-state index contributed by atoms with van der Waals surface area (Å²) in [5.74, 6) is 0.533. The lowest BCUT2D eigenvalue weighted by molar-refractivity contribution is 0.0946. The molecule has 0 saturated carbocycles. The summed E-state index contributed by atoms with van der Waals surface area (Å²) < 4.78 is 5.82. The number of nitrogens with two attached hydrogens (primary N) is 1. The fourth-order valence-electron chi connectivity index (χ4n) is 3.10. The Morgan fingerprint density at radius 3 is 2.74 bits per heavy atom. The molecule has 8 heteroatoms. The Kier molecular flexibility index (Phi) is 5.72. The lowest BCUT2D eigenvalue weighted by Gasteiger charge is -2.11. The molecule has 31 heavy (non-hydrogen) atoms. The zero-order valence-electron chi connectivity index (χ0n) is 16.1. The molecule has 1 heterocycles. The van der Waals surface area contributed by atoms with Crippen LogP contribution in [0, 0.1) is 11.3 Å². The standard InChI is InChI=1S/C23H16Cl2N4O2/c24-16-5-14(11-26)6-18(10-16)31-22-7-13(1-3-19(22)25)12-28-23(30)21-9-15-8-17(27)2-4-20(15)29-21/h1-10,29H,12,27H2,(H,28,30). The van der Waals surface area contributed by atoms with E-state index in [1.54, 1.807) is 54.6 Å². The van der Waals surface area contributed by atoms with Gasteiger partial charge in [-0.2, -0.15) is 5.26 Å². The fraction of sp³-hybridized carbons (Fsp3) is 0.0435. The second-order valence-corrected chi connectivity index (χ2v) is 7.71. The van der Waals surface area contributed by atoms with E-state index in [0.29, 0.717) is 38.5 Å². The van der Waals surface area contributed by atoms with Crippen LogP contribution in [0.3, 0.4) is 0 Å². The van der Waals surface area contributed by atoms with Crippen LogP contribution in [-0.2, 0) is 6.54 Å². The minimum Gasteiger partial charge on any atom is -0.456 e.